The second-order valence-corrected chi connectivity index (χ2v) is 7.04. The van der Waals surface area contributed by atoms with Crippen molar-refractivity contribution in [1.29, 1.82) is 0 Å². The van der Waals surface area contributed by atoms with Gasteiger partial charge in [0.2, 0.25) is 5.91 Å². The van der Waals surface area contributed by atoms with Gasteiger partial charge in [0.05, 0.1) is 19.8 Å². The third-order valence-corrected chi connectivity index (χ3v) is 4.78. The van der Waals surface area contributed by atoms with Gasteiger partial charge in [-0.1, -0.05) is 42.0 Å². The molecule has 3 rings (SSSR count). The van der Waals surface area contributed by atoms with Crippen LogP contribution >= 0.6 is 0 Å². The number of benzene rings is 2. The molecule has 2 aromatic carbocycles. The summed E-state index contributed by atoms with van der Waals surface area (Å²) in [5.74, 6) is 0.620. The number of nitrogens with zero attached hydrogens (tertiary/aromatic N) is 1. The Morgan fingerprint density at radius 1 is 1.29 bits per heavy atom. The maximum Gasteiger partial charge on any atom is 0.244 e. The largest absolute Gasteiger partial charge is 0.496 e. The normalized spacial score (nSPS) is 17.6. The minimum Gasteiger partial charge on any atom is -0.496 e. The van der Waals surface area contributed by atoms with Crippen LogP contribution in [0.25, 0.3) is 6.08 Å². The number of morpholine rings is 1. The average molecular weight is 380 g/mol. The van der Waals surface area contributed by atoms with Crippen molar-refractivity contribution in [3.8, 4) is 5.75 Å². The van der Waals surface area contributed by atoms with Gasteiger partial charge in [0.25, 0.3) is 0 Å². The number of carbonyl (C=O) groups excluding carboxylic acids is 1. The Balaban J connectivity index is 1.48. The van der Waals surface area contributed by atoms with E-state index in [1.807, 2.05) is 31.2 Å². The summed E-state index contributed by atoms with van der Waals surface area (Å²) in [7, 11) is 1.63. The zero-order valence-electron chi connectivity index (χ0n) is 16.6. The average Bonchev–Trinajstić information content (AvgIpc) is 2.72. The lowest BCUT2D eigenvalue weighted by Gasteiger charge is -2.33. The highest BCUT2D eigenvalue weighted by Crippen LogP contribution is 2.20. The Bertz CT molecular complexity index is 805. The number of hydrogen-bond donors (Lipinski definition) is 1. The molecule has 1 aliphatic rings. The van der Waals surface area contributed by atoms with Gasteiger partial charge in [0.15, 0.2) is 0 Å². The number of nitrogens with one attached hydrogen (secondary N) is 1. The monoisotopic (exact) mass is 380 g/mol. The van der Waals surface area contributed by atoms with Crippen LogP contribution in [-0.2, 0) is 16.1 Å². The number of amides is 1. The van der Waals surface area contributed by atoms with Crippen molar-refractivity contribution >= 4 is 12.0 Å². The Morgan fingerprint density at radius 3 is 2.89 bits per heavy atom. The molecule has 1 amide bonds. The van der Waals surface area contributed by atoms with Crippen molar-refractivity contribution in [1.82, 2.24) is 10.2 Å². The smallest absolute Gasteiger partial charge is 0.244 e. The molecule has 0 aromatic heterocycles. The van der Waals surface area contributed by atoms with E-state index in [0.717, 1.165) is 36.5 Å². The second kappa shape index (κ2) is 10.1. The van der Waals surface area contributed by atoms with E-state index < -0.39 is 0 Å². The highest BCUT2D eigenvalue weighted by atomic mass is 16.5. The fourth-order valence-electron chi connectivity index (χ4n) is 3.31. The number of rotatable bonds is 7. The van der Waals surface area contributed by atoms with E-state index in [4.69, 9.17) is 9.47 Å². The van der Waals surface area contributed by atoms with Crippen LogP contribution in [0, 0.1) is 6.92 Å². The molecule has 1 saturated heterocycles. The van der Waals surface area contributed by atoms with Gasteiger partial charge in [0.1, 0.15) is 5.75 Å². The molecular formula is C23H28N2O3. The molecule has 0 spiro atoms. The number of aryl methyl sites for hydroxylation is 1. The lowest BCUT2D eigenvalue weighted by Crippen LogP contribution is -2.46. The van der Waals surface area contributed by atoms with Crippen molar-refractivity contribution in [3.05, 3.63) is 71.3 Å². The third kappa shape index (κ3) is 5.94. The number of carbonyl (C=O) groups is 1. The number of methoxy groups -OCH3 is 1. The lowest BCUT2D eigenvalue weighted by atomic mass is 10.1. The molecule has 1 heterocycles. The number of hydrogen-bond acceptors (Lipinski definition) is 4. The highest BCUT2D eigenvalue weighted by Gasteiger charge is 2.20. The molecule has 0 bridgehead atoms. The predicted octanol–water partition coefficient (Wildman–Crippen LogP) is 3.03. The van der Waals surface area contributed by atoms with Gasteiger partial charge in [-0.25, -0.2) is 0 Å². The molecule has 5 heteroatoms. The van der Waals surface area contributed by atoms with Crippen LogP contribution in [0.5, 0.6) is 5.75 Å². The molecule has 1 unspecified atom stereocenters. The summed E-state index contributed by atoms with van der Waals surface area (Å²) in [6.45, 7) is 5.82. The van der Waals surface area contributed by atoms with E-state index in [0.29, 0.717) is 13.2 Å². The van der Waals surface area contributed by atoms with Crippen LogP contribution < -0.4 is 10.1 Å². The van der Waals surface area contributed by atoms with Gasteiger partial charge in [0, 0.05) is 37.8 Å². The standard InChI is InChI=1S/C23H28N2O3/c1-18-8-10-22(27-2)20(14-18)9-11-23(26)24-15-21-17-25(12-13-28-21)16-19-6-4-3-5-7-19/h3-11,14,21H,12-13,15-17H2,1-2H3,(H,24,26)/b11-9+. The Labute approximate surface area is 167 Å². The van der Waals surface area contributed by atoms with Gasteiger partial charge >= 0.3 is 0 Å². The Morgan fingerprint density at radius 2 is 2.11 bits per heavy atom. The molecule has 1 atom stereocenters. The lowest BCUT2D eigenvalue weighted by molar-refractivity contribution is -0.117. The molecule has 0 radical (unpaired) electrons. The molecule has 1 fully saturated rings. The Hall–Kier alpha value is -2.63. The van der Waals surface area contributed by atoms with Gasteiger partial charge in [-0.05, 0) is 30.7 Å². The third-order valence-electron chi connectivity index (χ3n) is 4.78. The van der Waals surface area contributed by atoms with Gasteiger partial charge in [-0.3, -0.25) is 9.69 Å². The van der Waals surface area contributed by atoms with Crippen LogP contribution in [0.2, 0.25) is 0 Å². The molecular weight excluding hydrogens is 352 g/mol. The van der Waals surface area contributed by atoms with Crippen LogP contribution in [0.15, 0.2) is 54.6 Å². The SMILES string of the molecule is COc1ccc(C)cc1/C=C/C(=O)NCC1CN(Cc2ccccc2)CCO1. The molecule has 0 saturated carbocycles. The summed E-state index contributed by atoms with van der Waals surface area (Å²) in [5.41, 5.74) is 3.30. The molecule has 5 nitrogen and oxygen atoms in total. The van der Waals surface area contributed by atoms with Crippen molar-refractivity contribution in [2.75, 3.05) is 33.4 Å². The molecule has 1 N–H and O–H groups in total. The van der Waals surface area contributed by atoms with E-state index >= 15 is 0 Å². The zero-order valence-corrected chi connectivity index (χ0v) is 16.6. The van der Waals surface area contributed by atoms with E-state index in [2.05, 4.69) is 34.5 Å². The van der Waals surface area contributed by atoms with Gasteiger partial charge in [-0.2, -0.15) is 0 Å². The first kappa shape index (κ1) is 20.1. The van der Waals surface area contributed by atoms with Gasteiger partial charge < -0.3 is 14.8 Å². The van der Waals surface area contributed by atoms with E-state index in [9.17, 15) is 4.79 Å². The molecule has 2 aromatic rings. The van der Waals surface area contributed by atoms with Crippen LogP contribution in [0.4, 0.5) is 0 Å². The van der Waals surface area contributed by atoms with E-state index in [1.54, 1.807) is 19.3 Å². The fraction of sp³-hybridized carbons (Fsp3) is 0.348. The minimum absolute atomic E-state index is 0.00307. The second-order valence-electron chi connectivity index (χ2n) is 7.04. The van der Waals surface area contributed by atoms with E-state index in [-0.39, 0.29) is 12.0 Å². The summed E-state index contributed by atoms with van der Waals surface area (Å²) in [4.78, 5) is 14.6. The first-order valence-electron chi connectivity index (χ1n) is 9.62. The Kier molecular flexibility index (Phi) is 7.23. The zero-order chi connectivity index (χ0) is 19.8. The predicted molar refractivity (Wildman–Crippen MR) is 111 cm³/mol. The van der Waals surface area contributed by atoms with Crippen LogP contribution in [-0.4, -0.2) is 50.3 Å². The summed E-state index contributed by atoms with van der Waals surface area (Å²) < 4.78 is 11.2. The molecule has 28 heavy (non-hydrogen) atoms. The van der Waals surface area contributed by atoms with Gasteiger partial charge in [-0.15, -0.1) is 0 Å². The molecule has 148 valence electrons. The highest BCUT2D eigenvalue weighted by molar-refractivity contribution is 5.92. The van der Waals surface area contributed by atoms with E-state index in [1.165, 1.54) is 5.56 Å². The van der Waals surface area contributed by atoms with Crippen molar-refractivity contribution in [2.24, 2.45) is 0 Å². The van der Waals surface area contributed by atoms with Crippen LogP contribution in [0.3, 0.4) is 0 Å². The quantitative estimate of drug-likeness (QED) is 0.750. The molecule has 1 aliphatic heterocycles. The van der Waals surface area contributed by atoms with Crippen molar-refractivity contribution in [2.45, 2.75) is 19.6 Å². The van der Waals surface area contributed by atoms with Crippen molar-refractivity contribution < 1.29 is 14.3 Å². The fourth-order valence-corrected chi connectivity index (χ4v) is 3.31. The first-order valence-corrected chi connectivity index (χ1v) is 9.62. The minimum atomic E-state index is -0.132. The summed E-state index contributed by atoms with van der Waals surface area (Å²) >= 11 is 0. The maximum absolute atomic E-state index is 12.2. The maximum atomic E-state index is 12.2. The first-order chi connectivity index (χ1) is 13.6. The van der Waals surface area contributed by atoms with Crippen molar-refractivity contribution in [3.63, 3.8) is 0 Å². The summed E-state index contributed by atoms with van der Waals surface area (Å²) in [6.07, 6.45) is 3.33. The summed E-state index contributed by atoms with van der Waals surface area (Å²) in [6, 6.07) is 16.3. The number of ether oxygens (including phenoxy) is 2. The topological polar surface area (TPSA) is 50.8 Å². The summed E-state index contributed by atoms with van der Waals surface area (Å²) in [5, 5.41) is 2.94. The van der Waals surface area contributed by atoms with Crippen LogP contribution in [0.1, 0.15) is 16.7 Å². The molecule has 0 aliphatic carbocycles.